The molecule has 3 heteroatoms. The second kappa shape index (κ2) is 6.33. The van der Waals surface area contributed by atoms with Crippen molar-refractivity contribution in [3.8, 4) is 0 Å². The first-order chi connectivity index (χ1) is 9.68. The van der Waals surface area contributed by atoms with Crippen molar-refractivity contribution in [2.45, 2.75) is 45.3 Å². The minimum absolute atomic E-state index is 0.170. The van der Waals surface area contributed by atoms with E-state index < -0.39 is 0 Å². The lowest BCUT2D eigenvalue weighted by Crippen LogP contribution is -2.43. The van der Waals surface area contributed by atoms with Crippen LogP contribution in [0.3, 0.4) is 0 Å². The van der Waals surface area contributed by atoms with Crippen LogP contribution in [0.5, 0.6) is 0 Å². The highest BCUT2D eigenvalue weighted by Crippen LogP contribution is 2.35. The fourth-order valence-electron chi connectivity index (χ4n) is 2.93. The van der Waals surface area contributed by atoms with E-state index in [9.17, 15) is 0 Å². The Labute approximate surface area is 121 Å². The molecule has 0 aliphatic rings. The molecule has 0 saturated carbocycles. The summed E-state index contributed by atoms with van der Waals surface area (Å²) in [7, 11) is 0. The van der Waals surface area contributed by atoms with Crippen LogP contribution in [0.2, 0.25) is 0 Å². The van der Waals surface area contributed by atoms with Gasteiger partial charge in [0.05, 0.1) is 17.2 Å². The maximum Gasteiger partial charge on any atom is 0.0869 e. The minimum atomic E-state index is -0.319. The number of para-hydroxylation sites is 1. The maximum absolute atomic E-state index is 6.58. The number of benzene rings is 1. The van der Waals surface area contributed by atoms with Gasteiger partial charge in [-0.25, -0.2) is 0 Å². The van der Waals surface area contributed by atoms with Crippen molar-refractivity contribution < 1.29 is 4.74 Å². The fraction of sp³-hybridized carbons (Fsp3) is 0.471. The molecule has 108 valence electrons. The molecule has 0 fully saturated rings. The molecule has 20 heavy (non-hydrogen) atoms. The van der Waals surface area contributed by atoms with E-state index in [1.807, 2.05) is 25.3 Å². The Balaban J connectivity index is 2.51. The molecule has 1 aromatic heterocycles. The summed E-state index contributed by atoms with van der Waals surface area (Å²) in [5, 5.41) is 1.12. The molecule has 3 nitrogen and oxygen atoms in total. The van der Waals surface area contributed by atoms with E-state index in [0.29, 0.717) is 6.61 Å². The summed E-state index contributed by atoms with van der Waals surface area (Å²) >= 11 is 0. The van der Waals surface area contributed by atoms with Crippen molar-refractivity contribution in [3.63, 3.8) is 0 Å². The lowest BCUT2D eigenvalue weighted by atomic mass is 9.83. The summed E-state index contributed by atoms with van der Waals surface area (Å²) in [5.74, 6) is 0. The number of fused-ring (bicyclic) bond motifs is 1. The topological polar surface area (TPSA) is 48.1 Å². The van der Waals surface area contributed by atoms with Gasteiger partial charge in [0.25, 0.3) is 0 Å². The third-order valence-corrected chi connectivity index (χ3v) is 4.19. The lowest BCUT2D eigenvalue weighted by Gasteiger charge is -2.37. The van der Waals surface area contributed by atoms with Crippen molar-refractivity contribution in [1.29, 1.82) is 0 Å². The SMILES string of the molecule is CCOC(CC)(CC)C(N)c1cccc2cccnc12. The van der Waals surface area contributed by atoms with Crippen molar-refractivity contribution >= 4 is 10.9 Å². The Bertz CT molecular complexity index is 558. The van der Waals surface area contributed by atoms with Crippen molar-refractivity contribution in [2.75, 3.05) is 6.61 Å². The van der Waals surface area contributed by atoms with Gasteiger partial charge in [0.2, 0.25) is 0 Å². The minimum Gasteiger partial charge on any atom is -0.373 e. The highest BCUT2D eigenvalue weighted by atomic mass is 16.5. The fourth-order valence-corrected chi connectivity index (χ4v) is 2.93. The quantitative estimate of drug-likeness (QED) is 0.869. The zero-order valence-corrected chi connectivity index (χ0v) is 12.6. The second-order valence-corrected chi connectivity index (χ2v) is 5.10. The molecule has 0 amide bonds. The molecule has 1 atom stereocenters. The van der Waals surface area contributed by atoms with Crippen molar-refractivity contribution in [1.82, 2.24) is 4.98 Å². The van der Waals surface area contributed by atoms with E-state index in [-0.39, 0.29) is 11.6 Å². The average Bonchev–Trinajstić information content (AvgIpc) is 2.51. The van der Waals surface area contributed by atoms with E-state index in [4.69, 9.17) is 10.5 Å². The van der Waals surface area contributed by atoms with Gasteiger partial charge in [0.1, 0.15) is 0 Å². The van der Waals surface area contributed by atoms with Crippen LogP contribution >= 0.6 is 0 Å². The first-order valence-corrected chi connectivity index (χ1v) is 7.41. The third-order valence-electron chi connectivity index (χ3n) is 4.19. The molecular weight excluding hydrogens is 248 g/mol. The zero-order chi connectivity index (χ0) is 14.6. The molecule has 2 rings (SSSR count). The molecule has 2 aromatic rings. The number of pyridine rings is 1. The largest absolute Gasteiger partial charge is 0.373 e. The predicted molar refractivity (Wildman–Crippen MR) is 83.6 cm³/mol. The number of nitrogens with zero attached hydrogens (tertiary/aromatic N) is 1. The van der Waals surface area contributed by atoms with Gasteiger partial charge in [-0.3, -0.25) is 4.98 Å². The second-order valence-electron chi connectivity index (χ2n) is 5.10. The molecule has 1 unspecified atom stereocenters. The molecule has 0 aliphatic heterocycles. The highest BCUT2D eigenvalue weighted by molar-refractivity contribution is 5.82. The van der Waals surface area contributed by atoms with Crippen LogP contribution in [-0.4, -0.2) is 17.2 Å². The third kappa shape index (κ3) is 2.56. The molecule has 0 bridgehead atoms. The summed E-state index contributed by atoms with van der Waals surface area (Å²) < 4.78 is 6.04. The van der Waals surface area contributed by atoms with Gasteiger partial charge in [-0.2, -0.15) is 0 Å². The molecule has 0 saturated heterocycles. The maximum atomic E-state index is 6.58. The number of hydrogen-bond acceptors (Lipinski definition) is 3. The summed E-state index contributed by atoms with van der Waals surface area (Å²) in [5.41, 5.74) is 8.31. The van der Waals surface area contributed by atoms with Gasteiger partial charge in [0, 0.05) is 18.2 Å². The van der Waals surface area contributed by atoms with Crippen LogP contribution in [0.1, 0.15) is 45.2 Å². The first-order valence-electron chi connectivity index (χ1n) is 7.41. The van der Waals surface area contributed by atoms with Crippen LogP contribution in [-0.2, 0) is 4.74 Å². The van der Waals surface area contributed by atoms with Gasteiger partial charge in [0.15, 0.2) is 0 Å². The Hall–Kier alpha value is -1.45. The van der Waals surface area contributed by atoms with Crippen LogP contribution in [0.25, 0.3) is 10.9 Å². The van der Waals surface area contributed by atoms with E-state index >= 15 is 0 Å². The van der Waals surface area contributed by atoms with Crippen LogP contribution < -0.4 is 5.73 Å². The normalized spacial score (nSPS) is 13.6. The Morgan fingerprint density at radius 3 is 2.50 bits per heavy atom. The average molecular weight is 272 g/mol. The highest BCUT2D eigenvalue weighted by Gasteiger charge is 2.36. The number of ether oxygens (including phenoxy) is 1. The molecule has 2 N–H and O–H groups in total. The Kier molecular flexibility index (Phi) is 4.73. The summed E-state index contributed by atoms with van der Waals surface area (Å²) in [6.45, 7) is 6.97. The lowest BCUT2D eigenvalue weighted by molar-refractivity contribution is -0.0643. The van der Waals surface area contributed by atoms with Gasteiger partial charge < -0.3 is 10.5 Å². The van der Waals surface area contributed by atoms with E-state index in [1.54, 1.807) is 0 Å². The van der Waals surface area contributed by atoms with Crippen molar-refractivity contribution in [2.24, 2.45) is 5.73 Å². The zero-order valence-electron chi connectivity index (χ0n) is 12.6. The van der Waals surface area contributed by atoms with E-state index in [2.05, 4.69) is 37.0 Å². The number of rotatable bonds is 6. The van der Waals surface area contributed by atoms with Crippen LogP contribution in [0.4, 0.5) is 0 Å². The van der Waals surface area contributed by atoms with Crippen LogP contribution in [0, 0.1) is 0 Å². The Morgan fingerprint density at radius 2 is 1.85 bits per heavy atom. The van der Waals surface area contributed by atoms with Gasteiger partial charge in [-0.15, -0.1) is 0 Å². The number of nitrogens with two attached hydrogens (primary N) is 1. The summed E-state index contributed by atoms with van der Waals surface area (Å²) in [6, 6.07) is 10.0. The predicted octanol–water partition coefficient (Wildman–Crippen LogP) is 3.83. The first kappa shape index (κ1) is 14.9. The molecular formula is C17H24N2O. The molecule has 0 aliphatic carbocycles. The Morgan fingerprint density at radius 1 is 1.15 bits per heavy atom. The summed E-state index contributed by atoms with van der Waals surface area (Å²) in [6.07, 6.45) is 3.60. The monoisotopic (exact) mass is 272 g/mol. The van der Waals surface area contributed by atoms with Crippen LogP contribution in [0.15, 0.2) is 36.5 Å². The standard InChI is InChI=1S/C17H24N2O/c1-4-17(5-2,20-6-3)16(18)14-11-7-9-13-10-8-12-19-15(13)14/h7-12,16H,4-6,18H2,1-3H3. The van der Waals surface area contributed by atoms with E-state index in [1.165, 1.54) is 0 Å². The number of aromatic nitrogens is 1. The smallest absolute Gasteiger partial charge is 0.0869 e. The number of hydrogen-bond donors (Lipinski definition) is 1. The molecule has 1 heterocycles. The summed E-state index contributed by atoms with van der Waals surface area (Å²) in [4.78, 5) is 4.51. The van der Waals surface area contributed by atoms with E-state index in [0.717, 1.165) is 29.3 Å². The molecule has 0 spiro atoms. The van der Waals surface area contributed by atoms with Crippen molar-refractivity contribution in [3.05, 3.63) is 42.1 Å². The van der Waals surface area contributed by atoms with Gasteiger partial charge in [-0.05, 0) is 31.4 Å². The van der Waals surface area contributed by atoms with Gasteiger partial charge in [-0.1, -0.05) is 38.1 Å². The molecule has 1 aromatic carbocycles. The van der Waals surface area contributed by atoms with Gasteiger partial charge >= 0.3 is 0 Å². The molecule has 0 radical (unpaired) electrons.